The molecule has 0 bridgehead atoms. The Labute approximate surface area is 91.9 Å². The summed E-state index contributed by atoms with van der Waals surface area (Å²) in [6.07, 6.45) is 0. The Morgan fingerprint density at radius 2 is 2.27 bits per heavy atom. The van der Waals surface area contributed by atoms with Crippen LogP contribution in [0.4, 0.5) is 4.39 Å². The summed E-state index contributed by atoms with van der Waals surface area (Å²) in [5.74, 6) is -0.973. The fourth-order valence-electron chi connectivity index (χ4n) is 1.09. The summed E-state index contributed by atoms with van der Waals surface area (Å²) < 4.78 is 13.2. The van der Waals surface area contributed by atoms with E-state index in [0.717, 1.165) is 6.07 Å². The average molecular weight is 232 g/mol. The molecule has 0 fully saturated rings. The van der Waals surface area contributed by atoms with Crippen molar-refractivity contribution in [3.63, 3.8) is 0 Å². The monoisotopic (exact) mass is 231 g/mol. The van der Waals surface area contributed by atoms with Crippen molar-refractivity contribution in [2.45, 2.75) is 0 Å². The number of carbonyl (C=O) groups excluding carboxylic acids is 1. The second-order valence-corrected chi connectivity index (χ2v) is 3.38. The molecular weight excluding hydrogens is 221 g/mol. The summed E-state index contributed by atoms with van der Waals surface area (Å²) >= 11 is 5.64. The Morgan fingerprint density at radius 3 is 2.93 bits per heavy atom. The van der Waals surface area contributed by atoms with Gasteiger partial charge in [0.25, 0.3) is 0 Å². The van der Waals surface area contributed by atoms with Gasteiger partial charge in [0.05, 0.1) is 18.7 Å². The molecule has 3 nitrogen and oxygen atoms in total. The van der Waals surface area contributed by atoms with Crippen LogP contribution in [-0.2, 0) is 0 Å². The van der Waals surface area contributed by atoms with E-state index >= 15 is 0 Å². The molecule has 0 aliphatic carbocycles. The summed E-state index contributed by atoms with van der Waals surface area (Å²) in [5.41, 5.74) is -0.0343. The van der Waals surface area contributed by atoms with Gasteiger partial charge in [0, 0.05) is 11.6 Å². The fourth-order valence-corrected chi connectivity index (χ4v) is 1.26. The average Bonchev–Trinajstić information content (AvgIpc) is 2.22. The number of carbonyl (C=O) groups is 1. The van der Waals surface area contributed by atoms with Gasteiger partial charge in [-0.1, -0.05) is 11.6 Å². The molecule has 1 rings (SSSR count). The number of hydrogen-bond donors (Lipinski definition) is 2. The Kier molecular flexibility index (Phi) is 4.68. The van der Waals surface area contributed by atoms with E-state index in [2.05, 4.69) is 5.32 Å². The topological polar surface area (TPSA) is 49.3 Å². The summed E-state index contributed by atoms with van der Waals surface area (Å²) in [5, 5.41) is 11.5. The quantitative estimate of drug-likeness (QED) is 0.592. The second kappa shape index (κ2) is 5.80. The highest BCUT2D eigenvalue weighted by atomic mass is 35.5. The van der Waals surface area contributed by atoms with Crippen LogP contribution >= 0.6 is 11.6 Å². The van der Waals surface area contributed by atoms with Gasteiger partial charge in [0.15, 0.2) is 5.78 Å². The largest absolute Gasteiger partial charge is 0.395 e. The van der Waals surface area contributed by atoms with Gasteiger partial charge < -0.3 is 10.4 Å². The van der Waals surface area contributed by atoms with Gasteiger partial charge in [-0.25, -0.2) is 4.39 Å². The number of Topliss-reactive ketones (excluding diaryl/α,β-unsaturated/α-hetero) is 1. The van der Waals surface area contributed by atoms with Gasteiger partial charge in [-0.2, -0.15) is 0 Å². The lowest BCUT2D eigenvalue weighted by Gasteiger charge is -2.04. The highest BCUT2D eigenvalue weighted by Crippen LogP contribution is 2.14. The third-order valence-electron chi connectivity index (χ3n) is 1.80. The van der Waals surface area contributed by atoms with Crippen LogP contribution < -0.4 is 5.32 Å². The molecule has 0 aliphatic rings. The minimum absolute atomic E-state index is 0.0160. The van der Waals surface area contributed by atoms with E-state index in [9.17, 15) is 9.18 Å². The number of aliphatic hydroxyl groups excluding tert-OH is 1. The van der Waals surface area contributed by atoms with Crippen LogP contribution in [0.3, 0.4) is 0 Å². The van der Waals surface area contributed by atoms with Crippen LogP contribution in [0.2, 0.25) is 5.02 Å². The summed E-state index contributed by atoms with van der Waals surface area (Å²) in [4.78, 5) is 11.4. The number of halogens is 2. The van der Waals surface area contributed by atoms with E-state index in [0.29, 0.717) is 11.6 Å². The van der Waals surface area contributed by atoms with Crippen LogP contribution in [0, 0.1) is 5.82 Å². The number of rotatable bonds is 5. The van der Waals surface area contributed by atoms with E-state index in [1.165, 1.54) is 12.1 Å². The minimum atomic E-state index is -0.588. The van der Waals surface area contributed by atoms with Crippen LogP contribution in [0.15, 0.2) is 18.2 Å². The molecule has 0 amide bonds. The summed E-state index contributed by atoms with van der Waals surface area (Å²) in [6.45, 7) is 0.219. The molecule has 0 radical (unpaired) electrons. The van der Waals surface area contributed by atoms with Gasteiger partial charge in [-0.15, -0.1) is 0 Å². The Bertz CT molecular complexity index is 357. The van der Waals surface area contributed by atoms with Gasteiger partial charge >= 0.3 is 0 Å². The van der Waals surface area contributed by atoms with Gasteiger partial charge in [-0.3, -0.25) is 4.79 Å². The normalized spacial score (nSPS) is 10.3. The number of hydrogen-bond acceptors (Lipinski definition) is 3. The first-order valence-corrected chi connectivity index (χ1v) is 4.82. The molecule has 5 heteroatoms. The molecule has 0 saturated heterocycles. The molecule has 1 aromatic rings. The highest BCUT2D eigenvalue weighted by Gasteiger charge is 2.11. The standard InChI is InChI=1S/C10H11ClFNO2/c11-7-1-2-9(12)8(5-7)10(15)6-13-3-4-14/h1-2,5,13-14H,3-4,6H2. The van der Waals surface area contributed by atoms with E-state index in [1.807, 2.05) is 0 Å². The van der Waals surface area contributed by atoms with Crippen LogP contribution in [0.5, 0.6) is 0 Å². The number of ketones is 1. The van der Waals surface area contributed by atoms with E-state index < -0.39 is 5.82 Å². The van der Waals surface area contributed by atoms with Gasteiger partial charge in [0.1, 0.15) is 5.82 Å². The zero-order valence-corrected chi connectivity index (χ0v) is 8.72. The number of aliphatic hydroxyl groups is 1. The summed E-state index contributed by atoms with van der Waals surface area (Å²) in [7, 11) is 0. The molecule has 0 atom stereocenters. The molecule has 15 heavy (non-hydrogen) atoms. The van der Waals surface area contributed by atoms with Crippen molar-refractivity contribution in [1.82, 2.24) is 5.32 Å². The van der Waals surface area contributed by atoms with E-state index in [-0.39, 0.29) is 24.5 Å². The van der Waals surface area contributed by atoms with Crippen molar-refractivity contribution >= 4 is 17.4 Å². The maximum absolute atomic E-state index is 13.2. The van der Waals surface area contributed by atoms with Crippen molar-refractivity contribution in [3.8, 4) is 0 Å². The molecule has 0 spiro atoms. The first-order chi connectivity index (χ1) is 7.15. The van der Waals surface area contributed by atoms with Gasteiger partial charge in [0.2, 0.25) is 0 Å². The maximum Gasteiger partial charge on any atom is 0.179 e. The fraction of sp³-hybridized carbons (Fsp3) is 0.300. The lowest BCUT2D eigenvalue weighted by Crippen LogP contribution is -2.26. The predicted molar refractivity (Wildman–Crippen MR) is 55.7 cm³/mol. The van der Waals surface area contributed by atoms with Gasteiger partial charge in [-0.05, 0) is 18.2 Å². The first kappa shape index (κ1) is 12.1. The Hall–Kier alpha value is -0.970. The number of benzene rings is 1. The smallest absolute Gasteiger partial charge is 0.179 e. The van der Waals surface area contributed by atoms with Crippen molar-refractivity contribution in [2.75, 3.05) is 19.7 Å². The molecule has 1 aromatic carbocycles. The zero-order chi connectivity index (χ0) is 11.3. The molecule has 0 heterocycles. The Morgan fingerprint density at radius 1 is 1.53 bits per heavy atom. The molecule has 0 unspecified atom stereocenters. The summed E-state index contributed by atoms with van der Waals surface area (Å²) in [6, 6.07) is 3.83. The third kappa shape index (κ3) is 3.58. The molecule has 2 N–H and O–H groups in total. The predicted octanol–water partition coefficient (Wildman–Crippen LogP) is 1.24. The Balaban J connectivity index is 2.68. The van der Waals surface area contributed by atoms with Crippen LogP contribution in [-0.4, -0.2) is 30.6 Å². The third-order valence-corrected chi connectivity index (χ3v) is 2.04. The lowest BCUT2D eigenvalue weighted by atomic mass is 10.1. The van der Waals surface area contributed by atoms with Crippen LogP contribution in [0.25, 0.3) is 0 Å². The molecule has 0 aromatic heterocycles. The maximum atomic E-state index is 13.2. The van der Waals surface area contributed by atoms with Crippen LogP contribution in [0.1, 0.15) is 10.4 Å². The molecule has 0 aliphatic heterocycles. The van der Waals surface area contributed by atoms with Crippen molar-refractivity contribution in [2.24, 2.45) is 0 Å². The minimum Gasteiger partial charge on any atom is -0.395 e. The van der Waals surface area contributed by atoms with E-state index in [1.54, 1.807) is 0 Å². The van der Waals surface area contributed by atoms with E-state index in [4.69, 9.17) is 16.7 Å². The molecule has 0 saturated carbocycles. The number of nitrogens with one attached hydrogen (secondary N) is 1. The van der Waals surface area contributed by atoms with Crippen molar-refractivity contribution in [3.05, 3.63) is 34.6 Å². The van der Waals surface area contributed by atoms with Crippen molar-refractivity contribution < 1.29 is 14.3 Å². The molecular formula is C10H11ClFNO2. The first-order valence-electron chi connectivity index (χ1n) is 4.45. The van der Waals surface area contributed by atoms with Crippen molar-refractivity contribution in [1.29, 1.82) is 0 Å². The zero-order valence-electron chi connectivity index (χ0n) is 7.96. The SMILES string of the molecule is O=C(CNCCO)c1cc(Cl)ccc1F. The second-order valence-electron chi connectivity index (χ2n) is 2.95. The lowest BCUT2D eigenvalue weighted by molar-refractivity contribution is 0.0986. The highest BCUT2D eigenvalue weighted by molar-refractivity contribution is 6.31. The molecule has 82 valence electrons.